The first-order valence-corrected chi connectivity index (χ1v) is 6.69. The maximum Gasteiger partial charge on any atom is 0.259 e. The fourth-order valence-corrected chi connectivity index (χ4v) is 2.28. The van der Waals surface area contributed by atoms with Crippen molar-refractivity contribution in [2.75, 3.05) is 26.3 Å². The number of aromatic nitrogens is 1. The molecule has 0 radical (unpaired) electrons. The molecular formula is C15H16N2O3. The third-order valence-corrected chi connectivity index (χ3v) is 3.38. The van der Waals surface area contributed by atoms with E-state index in [2.05, 4.69) is 5.16 Å². The molecule has 0 aliphatic carbocycles. The molecule has 0 bridgehead atoms. The van der Waals surface area contributed by atoms with Crippen molar-refractivity contribution in [1.82, 2.24) is 10.1 Å². The normalized spacial score (nSPS) is 15.3. The van der Waals surface area contributed by atoms with E-state index in [0.29, 0.717) is 44.0 Å². The molecule has 1 amide bonds. The number of nitrogens with zero attached hydrogens (tertiary/aromatic N) is 2. The van der Waals surface area contributed by atoms with Crippen molar-refractivity contribution in [3.63, 3.8) is 0 Å². The molecule has 0 spiro atoms. The van der Waals surface area contributed by atoms with Crippen molar-refractivity contribution in [2.24, 2.45) is 0 Å². The summed E-state index contributed by atoms with van der Waals surface area (Å²) in [7, 11) is 0. The van der Waals surface area contributed by atoms with Gasteiger partial charge in [-0.05, 0) is 5.56 Å². The molecule has 5 heteroatoms. The number of hydrogen-bond donors (Lipinski definition) is 0. The first-order chi connectivity index (χ1) is 9.84. The number of carbonyl (C=O) groups excluding carboxylic acids is 1. The van der Waals surface area contributed by atoms with Gasteiger partial charge in [-0.25, -0.2) is 0 Å². The molecule has 2 aromatic rings. The molecule has 1 fully saturated rings. The SMILES string of the molecule is O=C(c1cnoc1Cc1ccccc1)N1CCOCC1. The molecule has 0 N–H and O–H groups in total. The Morgan fingerprint density at radius 1 is 1.20 bits per heavy atom. The predicted octanol–water partition coefficient (Wildman–Crippen LogP) is 1.74. The number of morpholine rings is 1. The van der Waals surface area contributed by atoms with Gasteiger partial charge in [-0.15, -0.1) is 0 Å². The van der Waals surface area contributed by atoms with Crippen LogP contribution in [0, 0.1) is 0 Å². The van der Waals surface area contributed by atoms with Gasteiger partial charge in [-0.1, -0.05) is 35.5 Å². The minimum Gasteiger partial charge on any atom is -0.378 e. The number of hydrogen-bond acceptors (Lipinski definition) is 4. The Bertz CT molecular complexity index is 574. The van der Waals surface area contributed by atoms with Crippen molar-refractivity contribution >= 4 is 5.91 Å². The Balaban J connectivity index is 1.77. The summed E-state index contributed by atoms with van der Waals surface area (Å²) in [5.41, 5.74) is 1.65. The van der Waals surface area contributed by atoms with E-state index in [4.69, 9.17) is 9.26 Å². The van der Waals surface area contributed by atoms with E-state index in [9.17, 15) is 4.79 Å². The highest BCUT2D eigenvalue weighted by Crippen LogP contribution is 2.16. The van der Waals surface area contributed by atoms with Gasteiger partial charge in [0.05, 0.1) is 19.4 Å². The van der Waals surface area contributed by atoms with Crippen LogP contribution in [0.15, 0.2) is 41.1 Å². The van der Waals surface area contributed by atoms with Gasteiger partial charge in [-0.2, -0.15) is 0 Å². The van der Waals surface area contributed by atoms with Gasteiger partial charge in [0, 0.05) is 19.5 Å². The maximum atomic E-state index is 12.4. The monoisotopic (exact) mass is 272 g/mol. The summed E-state index contributed by atoms with van der Waals surface area (Å²) in [6.07, 6.45) is 2.09. The number of carbonyl (C=O) groups is 1. The minimum absolute atomic E-state index is 0.0273. The lowest BCUT2D eigenvalue weighted by Crippen LogP contribution is -2.40. The van der Waals surface area contributed by atoms with Crippen LogP contribution in [0.25, 0.3) is 0 Å². The standard InChI is InChI=1S/C15H16N2O3/c18-15(17-6-8-19-9-7-17)13-11-16-20-14(13)10-12-4-2-1-3-5-12/h1-5,11H,6-10H2. The molecular weight excluding hydrogens is 256 g/mol. The van der Waals surface area contributed by atoms with Gasteiger partial charge < -0.3 is 14.2 Å². The molecule has 1 aliphatic rings. The van der Waals surface area contributed by atoms with Crippen molar-refractivity contribution < 1.29 is 14.1 Å². The van der Waals surface area contributed by atoms with Crippen LogP contribution in [-0.4, -0.2) is 42.3 Å². The second kappa shape index (κ2) is 5.88. The molecule has 1 aliphatic heterocycles. The van der Waals surface area contributed by atoms with E-state index >= 15 is 0 Å². The van der Waals surface area contributed by atoms with E-state index in [1.807, 2.05) is 30.3 Å². The molecule has 2 heterocycles. The fraction of sp³-hybridized carbons (Fsp3) is 0.333. The number of amides is 1. The number of rotatable bonds is 3. The highest BCUT2D eigenvalue weighted by molar-refractivity contribution is 5.95. The van der Waals surface area contributed by atoms with Crippen molar-refractivity contribution in [3.05, 3.63) is 53.4 Å². The van der Waals surface area contributed by atoms with Crippen LogP contribution in [0.1, 0.15) is 21.7 Å². The van der Waals surface area contributed by atoms with Crippen LogP contribution in [0.5, 0.6) is 0 Å². The van der Waals surface area contributed by atoms with Crippen LogP contribution >= 0.6 is 0 Å². The smallest absolute Gasteiger partial charge is 0.259 e. The van der Waals surface area contributed by atoms with E-state index in [-0.39, 0.29) is 5.91 Å². The van der Waals surface area contributed by atoms with E-state index in [1.54, 1.807) is 4.90 Å². The van der Waals surface area contributed by atoms with Crippen LogP contribution in [-0.2, 0) is 11.2 Å². The summed E-state index contributed by atoms with van der Waals surface area (Å²) in [5, 5.41) is 3.78. The zero-order valence-electron chi connectivity index (χ0n) is 11.1. The molecule has 5 nitrogen and oxygen atoms in total. The second-order valence-corrected chi connectivity index (χ2v) is 4.73. The lowest BCUT2D eigenvalue weighted by atomic mass is 10.1. The first kappa shape index (κ1) is 12.9. The zero-order valence-corrected chi connectivity index (χ0v) is 11.1. The van der Waals surface area contributed by atoms with Gasteiger partial charge in [-0.3, -0.25) is 4.79 Å². The molecule has 0 unspecified atom stereocenters. The van der Waals surface area contributed by atoms with Crippen LogP contribution in [0.4, 0.5) is 0 Å². The highest BCUT2D eigenvalue weighted by atomic mass is 16.5. The molecule has 0 atom stereocenters. The van der Waals surface area contributed by atoms with Gasteiger partial charge in [0.1, 0.15) is 5.56 Å². The van der Waals surface area contributed by atoms with E-state index < -0.39 is 0 Å². The Labute approximate surface area is 117 Å². The Morgan fingerprint density at radius 3 is 2.70 bits per heavy atom. The Hall–Kier alpha value is -2.14. The van der Waals surface area contributed by atoms with Crippen LogP contribution < -0.4 is 0 Å². The van der Waals surface area contributed by atoms with Gasteiger partial charge in [0.25, 0.3) is 5.91 Å². The number of benzene rings is 1. The largest absolute Gasteiger partial charge is 0.378 e. The molecule has 1 aromatic heterocycles. The summed E-state index contributed by atoms with van der Waals surface area (Å²) in [6, 6.07) is 9.91. The summed E-state index contributed by atoms with van der Waals surface area (Å²) in [6.45, 7) is 2.42. The summed E-state index contributed by atoms with van der Waals surface area (Å²) < 4.78 is 10.5. The molecule has 3 rings (SSSR count). The molecule has 1 saturated heterocycles. The third-order valence-electron chi connectivity index (χ3n) is 3.38. The van der Waals surface area contributed by atoms with Crippen LogP contribution in [0.2, 0.25) is 0 Å². The summed E-state index contributed by atoms with van der Waals surface area (Å²) in [4.78, 5) is 14.2. The Morgan fingerprint density at radius 2 is 1.95 bits per heavy atom. The quantitative estimate of drug-likeness (QED) is 0.854. The van der Waals surface area contributed by atoms with Gasteiger partial charge in [0.15, 0.2) is 5.76 Å². The highest BCUT2D eigenvalue weighted by Gasteiger charge is 2.23. The average molecular weight is 272 g/mol. The summed E-state index contributed by atoms with van der Waals surface area (Å²) >= 11 is 0. The maximum absolute atomic E-state index is 12.4. The van der Waals surface area contributed by atoms with Gasteiger partial charge in [0.2, 0.25) is 0 Å². The molecule has 1 aromatic carbocycles. The average Bonchev–Trinajstić information content (AvgIpc) is 2.96. The summed E-state index contributed by atoms with van der Waals surface area (Å²) in [5.74, 6) is 0.591. The molecule has 0 saturated carbocycles. The second-order valence-electron chi connectivity index (χ2n) is 4.73. The minimum atomic E-state index is -0.0273. The predicted molar refractivity (Wildman–Crippen MR) is 72.5 cm³/mol. The fourth-order valence-electron chi connectivity index (χ4n) is 2.28. The van der Waals surface area contributed by atoms with Crippen molar-refractivity contribution in [2.45, 2.75) is 6.42 Å². The van der Waals surface area contributed by atoms with E-state index in [0.717, 1.165) is 5.56 Å². The zero-order chi connectivity index (χ0) is 13.8. The third kappa shape index (κ3) is 2.72. The Kier molecular flexibility index (Phi) is 3.78. The lowest BCUT2D eigenvalue weighted by Gasteiger charge is -2.26. The first-order valence-electron chi connectivity index (χ1n) is 6.69. The molecule has 20 heavy (non-hydrogen) atoms. The topological polar surface area (TPSA) is 55.6 Å². The van der Waals surface area contributed by atoms with Gasteiger partial charge >= 0.3 is 0 Å². The molecule has 104 valence electrons. The van der Waals surface area contributed by atoms with Crippen molar-refractivity contribution in [1.29, 1.82) is 0 Å². The van der Waals surface area contributed by atoms with E-state index in [1.165, 1.54) is 6.20 Å². The number of ether oxygens (including phenoxy) is 1. The lowest BCUT2D eigenvalue weighted by molar-refractivity contribution is 0.0301. The van der Waals surface area contributed by atoms with Crippen LogP contribution in [0.3, 0.4) is 0 Å². The van der Waals surface area contributed by atoms with Crippen molar-refractivity contribution in [3.8, 4) is 0 Å².